The number of hydrogen-bond acceptors (Lipinski definition) is 15. The van der Waals surface area contributed by atoms with Crippen LogP contribution in [0.5, 0.6) is 23.0 Å². The summed E-state index contributed by atoms with van der Waals surface area (Å²) < 4.78 is 81.1. The van der Waals surface area contributed by atoms with E-state index in [9.17, 15) is 36.2 Å². The minimum atomic E-state index is -5.00. The molecule has 1 aromatic heterocycles. The maximum absolute atomic E-state index is 13.8. The fourth-order valence-corrected chi connectivity index (χ4v) is 8.03. The molecule has 18 nitrogen and oxygen atoms in total. The number of fused-ring (bicyclic) bond motifs is 4. The van der Waals surface area contributed by atoms with Crippen molar-refractivity contribution >= 4 is 86.9 Å². The van der Waals surface area contributed by atoms with Crippen molar-refractivity contribution in [3.63, 3.8) is 0 Å². The van der Waals surface area contributed by atoms with Gasteiger partial charge in [0.1, 0.15) is 38.5 Å². The third kappa shape index (κ3) is 9.22. The SMILES string of the molecule is COc1cc(-c2ccc(N=Nc3c(S(=O)(=O)O)cc4c(ccc5nc(-c6cccc(N)c6)[nH]c54)c3[O-])c(OC)c2)ccc1N=Nc1c(S(=O)(=O)O)cc2cc(N)ccc2c1[O-].[Na+].[Na+]. The Kier molecular flexibility index (Phi) is 13.5. The number of nitrogens with zero attached hydrogens (tertiary/aromatic N) is 5. The van der Waals surface area contributed by atoms with Crippen LogP contribution in [-0.2, 0) is 20.2 Å². The Morgan fingerprint density at radius 1 is 0.603 bits per heavy atom. The van der Waals surface area contributed by atoms with Crippen LogP contribution in [0.1, 0.15) is 0 Å². The minimum Gasteiger partial charge on any atom is -0.871 e. The number of nitrogen functional groups attached to an aromatic ring is 2. The first-order chi connectivity index (χ1) is 29.0. The molecule has 0 fully saturated rings. The second-order valence-corrected chi connectivity index (χ2v) is 16.3. The molecule has 0 aliphatic carbocycles. The van der Waals surface area contributed by atoms with E-state index >= 15 is 0 Å². The second kappa shape index (κ2) is 18.2. The largest absolute Gasteiger partial charge is 1.00 e. The third-order valence-corrected chi connectivity index (χ3v) is 11.4. The molecule has 8 rings (SSSR count). The van der Waals surface area contributed by atoms with Crippen molar-refractivity contribution < 1.29 is 105 Å². The van der Waals surface area contributed by atoms with E-state index in [0.29, 0.717) is 39.2 Å². The molecule has 7 N–H and O–H groups in total. The number of benzene rings is 7. The maximum atomic E-state index is 13.8. The van der Waals surface area contributed by atoms with Crippen molar-refractivity contribution in [3.05, 3.63) is 103 Å². The molecule has 0 amide bonds. The van der Waals surface area contributed by atoms with Gasteiger partial charge < -0.3 is 36.1 Å². The Balaban J connectivity index is 0.00000330. The summed E-state index contributed by atoms with van der Waals surface area (Å²) in [5.41, 5.74) is 14.0. The Labute approximate surface area is 402 Å². The average molecular weight is 905 g/mol. The van der Waals surface area contributed by atoms with E-state index in [4.69, 9.17) is 20.9 Å². The number of rotatable bonds is 10. The van der Waals surface area contributed by atoms with Crippen LogP contribution < -0.4 is 90.3 Å². The summed E-state index contributed by atoms with van der Waals surface area (Å²) in [4.78, 5) is 6.17. The monoisotopic (exact) mass is 904 g/mol. The standard InChI is InChI=1S/C41H32N8O10S2.2Na/c1-58-32-16-20(6-11-29(32)46-48-37-34(60(52,53)54)18-23-15-25(43)8-9-26(23)39(37)50)21-7-12-30(33(17-21)59-2)47-49-38-35(61(55,56)57)19-28-27(40(38)51)10-13-31-36(28)45-41(44-31)22-4-3-5-24(42)14-22;;/h3-19,50-51H,42-43H2,1-2H3,(H,44,45)(H,52,53,54)(H,55,56,57);;/q;2*+1/p-2. The number of ether oxygens (including phenoxy) is 2. The topological polar surface area (TPSA) is 303 Å². The van der Waals surface area contributed by atoms with Gasteiger partial charge in [0.05, 0.1) is 36.6 Å². The van der Waals surface area contributed by atoms with Crippen LogP contribution in [0.25, 0.3) is 55.1 Å². The van der Waals surface area contributed by atoms with Crippen molar-refractivity contribution in [2.24, 2.45) is 20.5 Å². The molecule has 0 saturated heterocycles. The van der Waals surface area contributed by atoms with E-state index in [1.165, 1.54) is 50.6 Å². The van der Waals surface area contributed by atoms with E-state index in [1.54, 1.807) is 54.6 Å². The first-order valence-electron chi connectivity index (χ1n) is 17.7. The van der Waals surface area contributed by atoms with Crippen molar-refractivity contribution in [2.45, 2.75) is 9.79 Å². The molecule has 0 unspecified atom stereocenters. The van der Waals surface area contributed by atoms with Crippen LogP contribution >= 0.6 is 0 Å². The Hall–Kier alpha value is -5.65. The fourth-order valence-electron chi connectivity index (χ4n) is 6.74. The van der Waals surface area contributed by atoms with Gasteiger partial charge in [0.15, 0.2) is 0 Å². The van der Waals surface area contributed by atoms with Crippen molar-refractivity contribution in [1.82, 2.24) is 9.97 Å². The summed E-state index contributed by atoms with van der Waals surface area (Å²) in [5, 5.41) is 43.8. The molecule has 1 heterocycles. The smallest absolute Gasteiger partial charge is 0.871 e. The number of methoxy groups -OCH3 is 2. The molecule has 308 valence electrons. The van der Waals surface area contributed by atoms with E-state index in [2.05, 4.69) is 30.4 Å². The zero-order valence-corrected chi connectivity index (χ0v) is 39.3. The summed E-state index contributed by atoms with van der Waals surface area (Å²) in [5.74, 6) is -0.854. The Morgan fingerprint density at radius 2 is 1.14 bits per heavy atom. The predicted octanol–water partition coefficient (Wildman–Crippen LogP) is 1.86. The van der Waals surface area contributed by atoms with Gasteiger partial charge in [-0.05, 0) is 94.0 Å². The second-order valence-electron chi connectivity index (χ2n) is 13.5. The number of anilines is 2. The van der Waals surface area contributed by atoms with E-state index in [0.717, 1.165) is 12.1 Å². The number of azo groups is 2. The quantitative estimate of drug-likeness (QED) is 0.0568. The number of nitrogens with one attached hydrogen (secondary N) is 1. The van der Waals surface area contributed by atoms with Crippen LogP contribution in [0.15, 0.2) is 133 Å². The van der Waals surface area contributed by atoms with Crippen LogP contribution in [0.2, 0.25) is 0 Å². The molecule has 0 aliphatic heterocycles. The molecule has 0 aliphatic rings. The summed E-state index contributed by atoms with van der Waals surface area (Å²) in [6.45, 7) is 0. The zero-order valence-electron chi connectivity index (χ0n) is 33.7. The van der Waals surface area contributed by atoms with E-state index in [-0.39, 0.29) is 109 Å². The molecule has 7 aromatic carbocycles. The van der Waals surface area contributed by atoms with Gasteiger partial charge in [0, 0.05) is 22.3 Å². The minimum absolute atomic E-state index is 0. The van der Waals surface area contributed by atoms with E-state index < -0.39 is 52.9 Å². The normalized spacial score (nSPS) is 11.9. The van der Waals surface area contributed by atoms with Crippen molar-refractivity contribution in [2.75, 3.05) is 25.7 Å². The van der Waals surface area contributed by atoms with Gasteiger partial charge in [0.2, 0.25) is 0 Å². The van der Waals surface area contributed by atoms with Gasteiger partial charge in [-0.15, -0.1) is 20.5 Å². The molecular weight excluding hydrogens is 875 g/mol. The van der Waals surface area contributed by atoms with Crippen LogP contribution in [0.3, 0.4) is 0 Å². The number of aromatic amines is 1. The molecular formula is C41H30N8Na2O10S2. The number of H-pyrrole nitrogens is 1. The van der Waals surface area contributed by atoms with Gasteiger partial charge in [-0.2, -0.15) is 16.8 Å². The summed E-state index contributed by atoms with van der Waals surface area (Å²) in [6, 6.07) is 25.9. The molecule has 0 atom stereocenters. The van der Waals surface area contributed by atoms with Crippen molar-refractivity contribution in [1.29, 1.82) is 0 Å². The Bertz CT molecular complexity index is 3420. The molecule has 0 spiro atoms. The van der Waals surface area contributed by atoms with Gasteiger partial charge in [0.25, 0.3) is 20.2 Å². The molecule has 22 heteroatoms. The zero-order chi connectivity index (χ0) is 43.4. The molecule has 0 saturated carbocycles. The number of imidazole rings is 1. The first kappa shape index (κ1) is 46.8. The number of nitrogens with two attached hydrogens (primary N) is 2. The van der Waals surface area contributed by atoms with Crippen LogP contribution in [-0.4, -0.2) is 50.1 Å². The van der Waals surface area contributed by atoms with Gasteiger partial charge >= 0.3 is 59.1 Å². The number of aromatic nitrogens is 2. The summed E-state index contributed by atoms with van der Waals surface area (Å²) >= 11 is 0. The van der Waals surface area contributed by atoms with Gasteiger partial charge in [-0.1, -0.05) is 47.9 Å². The average Bonchev–Trinajstić information content (AvgIpc) is 3.67. The predicted molar refractivity (Wildman–Crippen MR) is 224 cm³/mol. The summed E-state index contributed by atoms with van der Waals surface area (Å²) in [6.07, 6.45) is 0. The molecule has 0 bridgehead atoms. The first-order valence-corrected chi connectivity index (χ1v) is 20.6. The van der Waals surface area contributed by atoms with Gasteiger partial charge in [-0.25, -0.2) is 4.98 Å². The molecule has 8 aromatic rings. The van der Waals surface area contributed by atoms with Gasteiger partial charge in [-0.3, -0.25) is 9.11 Å². The number of hydrogen-bond donors (Lipinski definition) is 5. The fraction of sp³-hybridized carbons (Fsp3) is 0.0488. The van der Waals surface area contributed by atoms with Crippen LogP contribution in [0, 0.1) is 0 Å². The van der Waals surface area contributed by atoms with Crippen molar-refractivity contribution in [3.8, 4) is 45.5 Å². The van der Waals surface area contributed by atoms with Crippen LogP contribution in [0.4, 0.5) is 34.1 Å². The molecule has 63 heavy (non-hydrogen) atoms. The molecule has 0 radical (unpaired) electrons. The third-order valence-electron chi connectivity index (χ3n) is 9.65. The Morgan fingerprint density at radius 3 is 1.70 bits per heavy atom. The maximum Gasteiger partial charge on any atom is 1.00 e. The summed E-state index contributed by atoms with van der Waals surface area (Å²) in [7, 11) is -7.18. The van der Waals surface area contributed by atoms with E-state index in [1.807, 2.05) is 0 Å².